The Hall–Kier alpha value is -2.42. The average molecular weight is 378 g/mol. The van der Waals surface area contributed by atoms with E-state index in [1.165, 1.54) is 6.42 Å². The van der Waals surface area contributed by atoms with Gasteiger partial charge in [0.2, 0.25) is 0 Å². The van der Waals surface area contributed by atoms with Gasteiger partial charge in [-0.25, -0.2) is 0 Å². The van der Waals surface area contributed by atoms with E-state index in [-0.39, 0.29) is 18.6 Å². The van der Waals surface area contributed by atoms with Crippen molar-refractivity contribution in [2.45, 2.75) is 46.1 Å². The number of ether oxygens (including phenoxy) is 1. The van der Waals surface area contributed by atoms with Gasteiger partial charge in [-0.3, -0.25) is 9.79 Å². The van der Waals surface area contributed by atoms with Crippen molar-refractivity contribution in [1.29, 1.82) is 0 Å². The van der Waals surface area contributed by atoms with E-state index < -0.39 is 0 Å². The summed E-state index contributed by atoms with van der Waals surface area (Å²) in [5, 5.41) is 0. The Labute approximate surface area is 168 Å². The molecular formula is C25H31NO2. The summed E-state index contributed by atoms with van der Waals surface area (Å²) < 4.78 is 5.91. The number of carbonyl (C=O) groups excluding carboxylic acids is 1. The van der Waals surface area contributed by atoms with Crippen molar-refractivity contribution < 1.29 is 9.53 Å². The van der Waals surface area contributed by atoms with Crippen LogP contribution in [-0.4, -0.2) is 24.3 Å². The highest BCUT2D eigenvalue weighted by molar-refractivity contribution is 6.13. The highest BCUT2D eigenvalue weighted by Crippen LogP contribution is 2.35. The predicted molar refractivity (Wildman–Crippen MR) is 115 cm³/mol. The zero-order valence-electron chi connectivity index (χ0n) is 17.2. The fraction of sp³-hybridized carbons (Fsp3) is 0.440. The van der Waals surface area contributed by atoms with Gasteiger partial charge >= 0.3 is 5.97 Å². The number of esters is 1. The zero-order chi connectivity index (χ0) is 19.9. The van der Waals surface area contributed by atoms with Crippen molar-refractivity contribution in [2.75, 3.05) is 6.54 Å². The summed E-state index contributed by atoms with van der Waals surface area (Å²) in [7, 11) is 0. The molecule has 0 spiro atoms. The Balaban J connectivity index is 1.74. The Bertz CT molecular complexity index is 741. The molecule has 0 aliphatic heterocycles. The molecule has 0 heterocycles. The predicted octanol–water partition coefficient (Wildman–Crippen LogP) is 5.53. The summed E-state index contributed by atoms with van der Waals surface area (Å²) >= 11 is 0. The smallest absolute Gasteiger partial charge is 0.327 e. The summed E-state index contributed by atoms with van der Waals surface area (Å²) in [6.07, 6.45) is 3.34. The van der Waals surface area contributed by atoms with E-state index >= 15 is 0 Å². The number of nitrogens with zero attached hydrogens (tertiary/aromatic N) is 1. The van der Waals surface area contributed by atoms with E-state index in [4.69, 9.17) is 4.74 Å². The van der Waals surface area contributed by atoms with Crippen LogP contribution in [0.2, 0.25) is 0 Å². The third-order valence-corrected chi connectivity index (χ3v) is 5.70. The number of rotatable bonds is 6. The lowest BCUT2D eigenvalue weighted by Crippen LogP contribution is -2.36. The van der Waals surface area contributed by atoms with E-state index in [1.54, 1.807) is 0 Å². The lowest BCUT2D eigenvalue weighted by Gasteiger charge is -2.36. The number of carbonyl (C=O) groups is 1. The molecule has 0 N–H and O–H groups in total. The van der Waals surface area contributed by atoms with Crippen LogP contribution in [0.3, 0.4) is 0 Å². The number of hydrogen-bond acceptors (Lipinski definition) is 3. The summed E-state index contributed by atoms with van der Waals surface area (Å²) in [6, 6.07) is 20.0. The minimum atomic E-state index is -0.228. The van der Waals surface area contributed by atoms with Crippen LogP contribution in [0, 0.1) is 17.8 Å². The van der Waals surface area contributed by atoms with Gasteiger partial charge in [-0.2, -0.15) is 0 Å². The molecule has 28 heavy (non-hydrogen) atoms. The second-order valence-corrected chi connectivity index (χ2v) is 8.25. The van der Waals surface area contributed by atoms with Crippen LogP contribution >= 0.6 is 0 Å². The Morgan fingerprint density at radius 2 is 1.57 bits per heavy atom. The first kappa shape index (κ1) is 20.3. The van der Waals surface area contributed by atoms with Crippen LogP contribution in [0.25, 0.3) is 0 Å². The molecule has 1 aliphatic rings. The highest BCUT2D eigenvalue weighted by atomic mass is 16.5. The van der Waals surface area contributed by atoms with Crippen LogP contribution < -0.4 is 0 Å². The fourth-order valence-corrected chi connectivity index (χ4v) is 4.14. The van der Waals surface area contributed by atoms with Crippen molar-refractivity contribution >= 4 is 11.7 Å². The molecule has 1 saturated carbocycles. The first-order chi connectivity index (χ1) is 13.5. The standard InChI is InChI=1S/C25H31NO2/c1-18(2)22-15-14-19(3)16-23(22)28-24(27)17-26-25(20-10-6-4-7-11-20)21-12-8-5-9-13-21/h4-13,18-19,22-23H,14-17H2,1-3H3/t19-,22+,23-/m1/s1. The lowest BCUT2D eigenvalue weighted by atomic mass is 9.75. The fourth-order valence-electron chi connectivity index (χ4n) is 4.14. The number of aliphatic imine (C=N–C) groups is 1. The number of hydrogen-bond donors (Lipinski definition) is 0. The molecule has 3 heteroatoms. The maximum Gasteiger partial charge on any atom is 0.327 e. The van der Waals surface area contributed by atoms with Gasteiger partial charge in [-0.05, 0) is 30.6 Å². The van der Waals surface area contributed by atoms with E-state index in [0.29, 0.717) is 17.8 Å². The molecule has 3 rings (SSSR count). The SMILES string of the molecule is CC(C)[C@@H]1CC[C@@H](C)C[C@H]1OC(=O)CN=C(c1ccccc1)c1ccccc1. The van der Waals surface area contributed by atoms with Gasteiger partial charge in [-0.15, -0.1) is 0 Å². The molecule has 2 aromatic carbocycles. The van der Waals surface area contributed by atoms with Crippen molar-refractivity contribution in [3.05, 3.63) is 71.8 Å². The molecular weight excluding hydrogens is 346 g/mol. The number of benzene rings is 2. The van der Waals surface area contributed by atoms with Crippen molar-refractivity contribution in [1.82, 2.24) is 0 Å². The molecule has 0 aromatic heterocycles. The molecule has 3 nitrogen and oxygen atoms in total. The lowest BCUT2D eigenvalue weighted by molar-refractivity contribution is -0.154. The molecule has 1 aliphatic carbocycles. The van der Waals surface area contributed by atoms with E-state index in [1.807, 2.05) is 60.7 Å². The van der Waals surface area contributed by atoms with Crippen LogP contribution in [-0.2, 0) is 9.53 Å². The zero-order valence-corrected chi connectivity index (χ0v) is 17.2. The topological polar surface area (TPSA) is 38.7 Å². The average Bonchev–Trinajstić information content (AvgIpc) is 2.69. The molecule has 1 fully saturated rings. The van der Waals surface area contributed by atoms with Gasteiger partial charge < -0.3 is 4.74 Å². The Morgan fingerprint density at radius 1 is 1.00 bits per heavy atom. The maximum atomic E-state index is 12.6. The minimum absolute atomic E-state index is 0.0170. The van der Waals surface area contributed by atoms with Crippen LogP contribution in [0.15, 0.2) is 65.7 Å². The van der Waals surface area contributed by atoms with Gasteiger partial charge in [-0.1, -0.05) is 87.9 Å². The molecule has 0 bridgehead atoms. The first-order valence-electron chi connectivity index (χ1n) is 10.4. The molecule has 0 saturated heterocycles. The molecule has 0 radical (unpaired) electrons. The molecule has 0 unspecified atom stereocenters. The van der Waals surface area contributed by atoms with Crippen molar-refractivity contribution in [3.63, 3.8) is 0 Å². The normalized spacial score (nSPS) is 21.9. The third kappa shape index (κ3) is 5.31. The van der Waals surface area contributed by atoms with Gasteiger partial charge in [0.05, 0.1) is 5.71 Å². The van der Waals surface area contributed by atoms with Gasteiger partial charge in [0.1, 0.15) is 12.6 Å². The van der Waals surface area contributed by atoms with Crippen LogP contribution in [0.4, 0.5) is 0 Å². The van der Waals surface area contributed by atoms with Gasteiger partial charge in [0.25, 0.3) is 0 Å². The monoisotopic (exact) mass is 377 g/mol. The van der Waals surface area contributed by atoms with Gasteiger partial charge in [0, 0.05) is 11.1 Å². The summed E-state index contributed by atoms with van der Waals surface area (Å²) in [5.74, 6) is 1.36. The second kappa shape index (κ2) is 9.68. The summed E-state index contributed by atoms with van der Waals surface area (Å²) in [4.78, 5) is 17.3. The maximum absolute atomic E-state index is 12.6. The van der Waals surface area contributed by atoms with E-state index in [0.717, 1.165) is 29.7 Å². The molecule has 148 valence electrons. The molecule has 2 aromatic rings. The Kier molecular flexibility index (Phi) is 7.02. The van der Waals surface area contributed by atoms with Crippen molar-refractivity contribution in [3.8, 4) is 0 Å². The highest BCUT2D eigenvalue weighted by Gasteiger charge is 2.33. The Morgan fingerprint density at radius 3 is 2.11 bits per heavy atom. The van der Waals surface area contributed by atoms with E-state index in [2.05, 4.69) is 25.8 Å². The largest absolute Gasteiger partial charge is 0.461 e. The third-order valence-electron chi connectivity index (χ3n) is 5.70. The minimum Gasteiger partial charge on any atom is -0.461 e. The summed E-state index contributed by atoms with van der Waals surface area (Å²) in [5.41, 5.74) is 2.84. The molecule has 3 atom stereocenters. The van der Waals surface area contributed by atoms with Crippen molar-refractivity contribution in [2.24, 2.45) is 22.7 Å². The van der Waals surface area contributed by atoms with Crippen LogP contribution in [0.1, 0.15) is 51.2 Å². The van der Waals surface area contributed by atoms with Gasteiger partial charge in [0.15, 0.2) is 0 Å². The summed E-state index contributed by atoms with van der Waals surface area (Å²) in [6.45, 7) is 6.75. The molecule has 0 amide bonds. The second-order valence-electron chi connectivity index (χ2n) is 8.25. The van der Waals surface area contributed by atoms with E-state index in [9.17, 15) is 4.79 Å². The quantitative estimate of drug-likeness (QED) is 0.490. The first-order valence-corrected chi connectivity index (χ1v) is 10.4. The van der Waals surface area contributed by atoms with Crippen LogP contribution in [0.5, 0.6) is 0 Å².